The molecule has 0 aliphatic rings. The number of fused-ring (bicyclic) bond motifs is 1. The van der Waals surface area contributed by atoms with Gasteiger partial charge in [-0.05, 0) is 63.2 Å². The Morgan fingerprint density at radius 3 is 2.53 bits per heavy atom. The molecule has 4 rings (SSSR count). The summed E-state index contributed by atoms with van der Waals surface area (Å²) in [4.78, 5) is 28.0. The third kappa shape index (κ3) is 4.29. The number of amides is 1. The number of nitro benzene ring substituents is 1. The van der Waals surface area contributed by atoms with Gasteiger partial charge >= 0.3 is 5.69 Å². The number of carbonyl (C=O) groups excluding carboxylic acids is 1. The lowest BCUT2D eigenvalue weighted by molar-refractivity contribution is -0.385. The maximum absolute atomic E-state index is 12.7. The third-order valence-electron chi connectivity index (χ3n) is 4.83. The van der Waals surface area contributed by atoms with E-state index in [1.807, 2.05) is 26.0 Å². The lowest BCUT2D eigenvalue weighted by Crippen LogP contribution is -2.12. The van der Waals surface area contributed by atoms with Crippen molar-refractivity contribution in [3.05, 3.63) is 81.4 Å². The molecule has 0 aliphatic carbocycles. The summed E-state index contributed by atoms with van der Waals surface area (Å²) >= 11 is 0. The number of anilines is 1. The first-order chi connectivity index (χ1) is 15.3. The lowest BCUT2D eigenvalue weighted by atomic mass is 10.1. The van der Waals surface area contributed by atoms with Gasteiger partial charge in [-0.1, -0.05) is 17.2 Å². The number of carbonyl (C=O) groups is 1. The molecule has 32 heavy (non-hydrogen) atoms. The van der Waals surface area contributed by atoms with Crippen molar-refractivity contribution in [2.75, 3.05) is 11.9 Å². The first kappa shape index (κ1) is 21.0. The van der Waals surface area contributed by atoms with E-state index < -0.39 is 10.8 Å². The molecule has 1 heterocycles. The van der Waals surface area contributed by atoms with Crippen molar-refractivity contribution in [2.45, 2.75) is 20.8 Å². The van der Waals surface area contributed by atoms with E-state index >= 15 is 0 Å². The maximum Gasteiger partial charge on any atom is 0.311 e. The molecule has 0 saturated heterocycles. The Balaban J connectivity index is 1.60. The second-order valence-corrected chi connectivity index (χ2v) is 7.40. The van der Waals surface area contributed by atoms with Crippen LogP contribution in [0.4, 0.5) is 11.4 Å². The standard InChI is InChI=1S/C24H21N3O5/c1-4-31-22-7-5-16(12-20(22)27(29)30)23(28)25-18-6-8-21-19(13-18)26-24(32-21)17-10-14(2)9-15(3)11-17/h5-13H,4H2,1-3H3,(H,25,28). The van der Waals surface area contributed by atoms with Gasteiger partial charge in [0, 0.05) is 22.9 Å². The first-order valence-electron chi connectivity index (χ1n) is 10.1. The fourth-order valence-corrected chi connectivity index (χ4v) is 3.51. The highest BCUT2D eigenvalue weighted by molar-refractivity contribution is 6.05. The zero-order valence-electron chi connectivity index (χ0n) is 17.8. The third-order valence-corrected chi connectivity index (χ3v) is 4.83. The van der Waals surface area contributed by atoms with Crippen LogP contribution in [0, 0.1) is 24.0 Å². The van der Waals surface area contributed by atoms with Crippen LogP contribution in [-0.2, 0) is 0 Å². The number of nitrogens with one attached hydrogen (secondary N) is 1. The van der Waals surface area contributed by atoms with Crippen LogP contribution in [0.3, 0.4) is 0 Å². The van der Waals surface area contributed by atoms with Crippen molar-refractivity contribution in [2.24, 2.45) is 0 Å². The van der Waals surface area contributed by atoms with Gasteiger partial charge in [0.05, 0.1) is 11.5 Å². The molecular formula is C24H21N3O5. The molecule has 0 bridgehead atoms. The average molecular weight is 431 g/mol. The molecule has 0 atom stereocenters. The van der Waals surface area contributed by atoms with Crippen LogP contribution in [0.2, 0.25) is 0 Å². The van der Waals surface area contributed by atoms with E-state index in [4.69, 9.17) is 9.15 Å². The van der Waals surface area contributed by atoms with Crippen LogP contribution >= 0.6 is 0 Å². The lowest BCUT2D eigenvalue weighted by Gasteiger charge is -2.07. The zero-order chi connectivity index (χ0) is 22.8. The minimum Gasteiger partial charge on any atom is -0.487 e. The van der Waals surface area contributed by atoms with E-state index in [1.54, 1.807) is 25.1 Å². The molecule has 0 radical (unpaired) electrons. The smallest absolute Gasteiger partial charge is 0.311 e. The van der Waals surface area contributed by atoms with E-state index in [9.17, 15) is 14.9 Å². The summed E-state index contributed by atoms with van der Waals surface area (Å²) in [5.41, 5.74) is 4.67. The van der Waals surface area contributed by atoms with Crippen LogP contribution in [0.1, 0.15) is 28.4 Å². The molecule has 1 amide bonds. The number of aryl methyl sites for hydroxylation is 2. The number of nitro groups is 1. The number of nitrogens with zero attached hydrogens (tertiary/aromatic N) is 2. The quantitative estimate of drug-likeness (QED) is 0.311. The van der Waals surface area contributed by atoms with Gasteiger partial charge in [-0.15, -0.1) is 0 Å². The average Bonchev–Trinajstić information content (AvgIpc) is 3.17. The largest absolute Gasteiger partial charge is 0.487 e. The number of hydrogen-bond acceptors (Lipinski definition) is 6. The van der Waals surface area contributed by atoms with Gasteiger partial charge in [0.1, 0.15) is 5.52 Å². The molecule has 8 heteroatoms. The predicted octanol–water partition coefficient (Wildman–Crippen LogP) is 5.67. The van der Waals surface area contributed by atoms with Crippen molar-refractivity contribution in [1.82, 2.24) is 4.98 Å². The monoisotopic (exact) mass is 431 g/mol. The molecule has 3 aromatic carbocycles. The molecule has 1 aromatic heterocycles. The van der Waals surface area contributed by atoms with Gasteiger partial charge in [-0.3, -0.25) is 14.9 Å². The first-order valence-corrected chi connectivity index (χ1v) is 10.1. The summed E-state index contributed by atoms with van der Waals surface area (Å²) in [6, 6.07) is 15.3. The van der Waals surface area contributed by atoms with E-state index in [0.29, 0.717) is 22.7 Å². The number of hydrogen-bond donors (Lipinski definition) is 1. The SMILES string of the molecule is CCOc1ccc(C(=O)Nc2ccc3oc(-c4cc(C)cc(C)c4)nc3c2)cc1[N+](=O)[O-]. The summed E-state index contributed by atoms with van der Waals surface area (Å²) in [6.45, 7) is 6.04. The van der Waals surface area contributed by atoms with Crippen molar-refractivity contribution < 1.29 is 18.9 Å². The van der Waals surface area contributed by atoms with Crippen molar-refractivity contribution in [3.63, 3.8) is 0 Å². The summed E-state index contributed by atoms with van der Waals surface area (Å²) in [5, 5.41) is 14.1. The van der Waals surface area contributed by atoms with Gasteiger partial charge in [-0.2, -0.15) is 0 Å². The van der Waals surface area contributed by atoms with Crippen LogP contribution < -0.4 is 10.1 Å². The van der Waals surface area contributed by atoms with E-state index in [2.05, 4.69) is 16.4 Å². The fourth-order valence-electron chi connectivity index (χ4n) is 3.51. The van der Waals surface area contributed by atoms with Gasteiger partial charge in [0.2, 0.25) is 5.89 Å². The number of rotatable bonds is 6. The Morgan fingerprint density at radius 1 is 1.09 bits per heavy atom. The molecule has 0 saturated carbocycles. The predicted molar refractivity (Wildman–Crippen MR) is 121 cm³/mol. The van der Waals surface area contributed by atoms with E-state index in [1.165, 1.54) is 18.2 Å². The van der Waals surface area contributed by atoms with Crippen molar-refractivity contribution in [3.8, 4) is 17.2 Å². The summed E-state index contributed by atoms with van der Waals surface area (Å²) < 4.78 is 11.1. The number of benzene rings is 3. The van der Waals surface area contributed by atoms with Crippen LogP contribution in [-0.4, -0.2) is 22.4 Å². The maximum atomic E-state index is 12.7. The number of oxazole rings is 1. The highest BCUT2D eigenvalue weighted by Gasteiger charge is 2.19. The second-order valence-electron chi connectivity index (χ2n) is 7.40. The number of ether oxygens (including phenoxy) is 1. The van der Waals surface area contributed by atoms with E-state index in [-0.39, 0.29) is 23.6 Å². The second kappa shape index (κ2) is 8.50. The van der Waals surface area contributed by atoms with Crippen molar-refractivity contribution >= 4 is 28.4 Å². The topological polar surface area (TPSA) is 108 Å². The summed E-state index contributed by atoms with van der Waals surface area (Å²) in [5.74, 6) is 0.142. The Kier molecular flexibility index (Phi) is 5.59. The molecular weight excluding hydrogens is 410 g/mol. The zero-order valence-corrected chi connectivity index (χ0v) is 17.8. The summed E-state index contributed by atoms with van der Waals surface area (Å²) in [6.07, 6.45) is 0. The Morgan fingerprint density at radius 2 is 1.84 bits per heavy atom. The van der Waals surface area contributed by atoms with Gasteiger partial charge in [0.25, 0.3) is 5.91 Å². The minimum atomic E-state index is -0.572. The molecule has 1 N–H and O–H groups in total. The molecule has 0 unspecified atom stereocenters. The molecule has 0 fully saturated rings. The van der Waals surface area contributed by atoms with Gasteiger partial charge in [-0.25, -0.2) is 4.98 Å². The van der Waals surface area contributed by atoms with Gasteiger partial charge < -0.3 is 14.5 Å². The van der Waals surface area contributed by atoms with Crippen LogP contribution in [0.5, 0.6) is 5.75 Å². The Hall–Kier alpha value is -4.20. The Labute approximate surface area is 184 Å². The molecule has 0 spiro atoms. The number of aromatic nitrogens is 1. The molecule has 0 aliphatic heterocycles. The molecule has 8 nitrogen and oxygen atoms in total. The van der Waals surface area contributed by atoms with Gasteiger partial charge in [0.15, 0.2) is 11.3 Å². The minimum absolute atomic E-state index is 0.122. The summed E-state index contributed by atoms with van der Waals surface area (Å²) in [7, 11) is 0. The van der Waals surface area contributed by atoms with Crippen molar-refractivity contribution in [1.29, 1.82) is 0 Å². The fraction of sp³-hybridized carbons (Fsp3) is 0.167. The highest BCUT2D eigenvalue weighted by Crippen LogP contribution is 2.30. The molecule has 162 valence electrons. The van der Waals surface area contributed by atoms with Crippen LogP contribution in [0.15, 0.2) is 59.0 Å². The molecule has 4 aromatic rings. The normalized spacial score (nSPS) is 10.8. The highest BCUT2D eigenvalue weighted by atomic mass is 16.6. The van der Waals surface area contributed by atoms with Crippen LogP contribution in [0.25, 0.3) is 22.6 Å². The Bertz CT molecular complexity index is 1320. The van der Waals surface area contributed by atoms with E-state index in [0.717, 1.165) is 16.7 Å².